The predicted molar refractivity (Wildman–Crippen MR) is 119 cm³/mol. The number of carbonyl (C=O) groups is 1. The Labute approximate surface area is 176 Å². The zero-order valence-electron chi connectivity index (χ0n) is 17.6. The number of methoxy groups -OCH3 is 1. The molecule has 1 aromatic heterocycles. The number of benzene rings is 2. The van der Waals surface area contributed by atoms with Gasteiger partial charge in [0.05, 0.1) is 7.11 Å². The molecule has 5 nitrogen and oxygen atoms in total. The van der Waals surface area contributed by atoms with Crippen LogP contribution in [0.1, 0.15) is 50.0 Å². The van der Waals surface area contributed by atoms with Crippen molar-refractivity contribution in [1.82, 2.24) is 10.2 Å². The topological polar surface area (TPSA) is 55.3 Å². The van der Waals surface area contributed by atoms with E-state index >= 15 is 0 Å². The van der Waals surface area contributed by atoms with Gasteiger partial charge in [-0.3, -0.25) is 9.69 Å². The Morgan fingerprint density at radius 3 is 2.24 bits per heavy atom. The third kappa shape index (κ3) is 4.82. The number of aromatic nitrogens is 2. The summed E-state index contributed by atoms with van der Waals surface area (Å²) in [5.74, 6) is 0.740. The van der Waals surface area contributed by atoms with Crippen molar-refractivity contribution < 1.29 is 9.53 Å². The summed E-state index contributed by atoms with van der Waals surface area (Å²) in [6, 6.07) is 15.5. The normalized spacial score (nSPS) is 11.3. The van der Waals surface area contributed by atoms with Crippen LogP contribution in [0.15, 0.2) is 48.5 Å². The molecule has 1 amide bonds. The Balaban J connectivity index is 1.85. The van der Waals surface area contributed by atoms with Crippen molar-refractivity contribution in [3.8, 4) is 16.3 Å². The Bertz CT molecular complexity index is 957. The molecule has 0 radical (unpaired) electrons. The summed E-state index contributed by atoms with van der Waals surface area (Å²) in [5, 5.41) is 9.99. The molecule has 3 rings (SSSR count). The SMILES string of the molecule is CCCN(C(=O)c1ccc(C(C)(C)C)cc1)c1nnc(-c2ccc(OC)cc2)s1. The van der Waals surface area contributed by atoms with Crippen molar-refractivity contribution in [3.63, 3.8) is 0 Å². The highest BCUT2D eigenvalue weighted by Gasteiger charge is 2.22. The Kier molecular flexibility index (Phi) is 6.33. The standard InChI is InChI=1S/C23H27N3O2S/c1-6-15-26(21(27)17-7-11-18(12-8-17)23(2,3)4)22-25-24-20(29-22)16-9-13-19(28-5)14-10-16/h7-14H,6,15H2,1-5H3. The van der Waals surface area contributed by atoms with Crippen LogP contribution in [-0.4, -0.2) is 29.8 Å². The zero-order valence-corrected chi connectivity index (χ0v) is 18.4. The zero-order chi connectivity index (χ0) is 21.0. The van der Waals surface area contributed by atoms with E-state index in [1.54, 1.807) is 12.0 Å². The van der Waals surface area contributed by atoms with Crippen LogP contribution in [0.2, 0.25) is 0 Å². The third-order valence-corrected chi connectivity index (χ3v) is 5.67. The van der Waals surface area contributed by atoms with Crippen LogP contribution in [0.3, 0.4) is 0 Å². The maximum atomic E-state index is 13.2. The molecule has 152 valence electrons. The fraction of sp³-hybridized carbons (Fsp3) is 0.348. The van der Waals surface area contributed by atoms with Gasteiger partial charge >= 0.3 is 0 Å². The lowest BCUT2D eigenvalue weighted by molar-refractivity contribution is 0.0986. The van der Waals surface area contributed by atoms with Gasteiger partial charge in [0.15, 0.2) is 0 Å². The van der Waals surface area contributed by atoms with Gasteiger partial charge in [-0.2, -0.15) is 0 Å². The van der Waals surface area contributed by atoms with Gasteiger partial charge < -0.3 is 4.74 Å². The minimum Gasteiger partial charge on any atom is -0.497 e. The number of nitrogens with zero attached hydrogens (tertiary/aromatic N) is 3. The lowest BCUT2D eigenvalue weighted by atomic mass is 9.86. The fourth-order valence-electron chi connectivity index (χ4n) is 2.95. The molecule has 0 saturated heterocycles. The highest BCUT2D eigenvalue weighted by atomic mass is 32.1. The summed E-state index contributed by atoms with van der Waals surface area (Å²) in [5.41, 5.74) is 2.87. The van der Waals surface area contributed by atoms with E-state index in [1.807, 2.05) is 48.5 Å². The van der Waals surface area contributed by atoms with Crippen LogP contribution in [0.4, 0.5) is 5.13 Å². The van der Waals surface area contributed by atoms with Crippen LogP contribution in [0, 0.1) is 0 Å². The van der Waals surface area contributed by atoms with E-state index in [0.29, 0.717) is 17.2 Å². The van der Waals surface area contributed by atoms with E-state index < -0.39 is 0 Å². The van der Waals surface area contributed by atoms with E-state index in [2.05, 4.69) is 37.9 Å². The average molecular weight is 410 g/mol. The molecule has 0 unspecified atom stereocenters. The molecule has 2 aromatic carbocycles. The summed E-state index contributed by atoms with van der Waals surface area (Å²) in [6.07, 6.45) is 0.837. The first-order chi connectivity index (χ1) is 13.8. The van der Waals surface area contributed by atoms with E-state index in [0.717, 1.165) is 22.7 Å². The molecular formula is C23H27N3O2S. The molecule has 0 saturated carbocycles. The second kappa shape index (κ2) is 8.74. The monoisotopic (exact) mass is 409 g/mol. The Morgan fingerprint density at radius 2 is 1.69 bits per heavy atom. The van der Waals surface area contributed by atoms with Gasteiger partial charge in [-0.15, -0.1) is 10.2 Å². The van der Waals surface area contributed by atoms with Gasteiger partial charge in [0, 0.05) is 17.7 Å². The first kappa shape index (κ1) is 21.0. The van der Waals surface area contributed by atoms with E-state index in [9.17, 15) is 4.79 Å². The van der Waals surface area contributed by atoms with E-state index in [4.69, 9.17) is 4.74 Å². The number of ether oxygens (including phenoxy) is 1. The molecule has 0 N–H and O–H groups in total. The number of amides is 1. The van der Waals surface area contributed by atoms with Gasteiger partial charge in [0.2, 0.25) is 5.13 Å². The summed E-state index contributed by atoms with van der Waals surface area (Å²) >= 11 is 1.42. The molecule has 0 spiro atoms. The molecule has 29 heavy (non-hydrogen) atoms. The molecule has 0 aliphatic carbocycles. The van der Waals surface area contributed by atoms with Crippen LogP contribution < -0.4 is 9.64 Å². The lowest BCUT2D eigenvalue weighted by Gasteiger charge is -2.21. The Hall–Kier alpha value is -2.73. The smallest absolute Gasteiger partial charge is 0.260 e. The quantitative estimate of drug-likeness (QED) is 0.534. The number of carbonyl (C=O) groups excluding carboxylic acids is 1. The molecule has 0 fully saturated rings. The molecule has 6 heteroatoms. The van der Waals surface area contributed by atoms with Gasteiger partial charge in [-0.1, -0.05) is 51.2 Å². The summed E-state index contributed by atoms with van der Waals surface area (Å²) in [6.45, 7) is 9.13. The number of rotatable bonds is 6. The minimum atomic E-state index is -0.0512. The molecule has 0 bridgehead atoms. The lowest BCUT2D eigenvalue weighted by Crippen LogP contribution is -2.31. The maximum absolute atomic E-state index is 13.2. The van der Waals surface area contributed by atoms with Crippen molar-refractivity contribution in [2.45, 2.75) is 39.5 Å². The van der Waals surface area contributed by atoms with Gasteiger partial charge in [0.1, 0.15) is 10.8 Å². The minimum absolute atomic E-state index is 0.0512. The maximum Gasteiger partial charge on any atom is 0.260 e. The number of hydrogen-bond acceptors (Lipinski definition) is 5. The number of anilines is 1. The first-order valence-corrected chi connectivity index (χ1v) is 10.6. The molecule has 0 aliphatic heterocycles. The van der Waals surface area contributed by atoms with Crippen molar-refractivity contribution in [2.75, 3.05) is 18.6 Å². The van der Waals surface area contributed by atoms with Crippen molar-refractivity contribution in [2.24, 2.45) is 0 Å². The van der Waals surface area contributed by atoms with Gasteiger partial charge in [-0.25, -0.2) is 0 Å². The highest BCUT2D eigenvalue weighted by Crippen LogP contribution is 2.31. The van der Waals surface area contributed by atoms with E-state index in [-0.39, 0.29) is 11.3 Å². The van der Waals surface area contributed by atoms with Crippen LogP contribution in [0.5, 0.6) is 5.75 Å². The van der Waals surface area contributed by atoms with E-state index in [1.165, 1.54) is 16.9 Å². The average Bonchev–Trinajstić information content (AvgIpc) is 3.21. The van der Waals surface area contributed by atoms with Gasteiger partial charge in [0.25, 0.3) is 5.91 Å². The van der Waals surface area contributed by atoms with Crippen molar-refractivity contribution in [1.29, 1.82) is 0 Å². The summed E-state index contributed by atoms with van der Waals surface area (Å²) in [4.78, 5) is 14.9. The molecule has 1 heterocycles. The van der Waals surface area contributed by atoms with Gasteiger partial charge in [-0.05, 0) is 53.8 Å². The van der Waals surface area contributed by atoms with Crippen LogP contribution in [-0.2, 0) is 5.41 Å². The van der Waals surface area contributed by atoms with Crippen LogP contribution >= 0.6 is 11.3 Å². The van der Waals surface area contributed by atoms with Crippen LogP contribution in [0.25, 0.3) is 10.6 Å². The number of hydrogen-bond donors (Lipinski definition) is 0. The van der Waals surface area contributed by atoms with Crippen molar-refractivity contribution >= 4 is 22.4 Å². The highest BCUT2D eigenvalue weighted by molar-refractivity contribution is 7.18. The molecule has 3 aromatic rings. The fourth-order valence-corrected chi connectivity index (χ4v) is 3.83. The summed E-state index contributed by atoms with van der Waals surface area (Å²) in [7, 11) is 1.64. The third-order valence-electron chi connectivity index (χ3n) is 4.67. The second-order valence-electron chi connectivity index (χ2n) is 7.90. The molecule has 0 atom stereocenters. The predicted octanol–water partition coefficient (Wildman–Crippen LogP) is 5.57. The first-order valence-electron chi connectivity index (χ1n) is 9.74. The summed E-state index contributed by atoms with van der Waals surface area (Å²) < 4.78 is 5.20. The molecule has 0 aliphatic rings. The van der Waals surface area contributed by atoms with Crippen molar-refractivity contribution in [3.05, 3.63) is 59.7 Å². The molecular weight excluding hydrogens is 382 g/mol. The Morgan fingerprint density at radius 1 is 1.03 bits per heavy atom. The second-order valence-corrected chi connectivity index (χ2v) is 8.86. The largest absolute Gasteiger partial charge is 0.497 e.